The van der Waals surface area contributed by atoms with Gasteiger partial charge in [0.05, 0.1) is 0 Å². The van der Waals surface area contributed by atoms with Crippen LogP contribution in [-0.4, -0.2) is 77.2 Å². The maximum Gasteiger partial charge on any atom is 0.534 e. The van der Waals surface area contributed by atoms with Gasteiger partial charge >= 0.3 is 15.6 Å². The van der Waals surface area contributed by atoms with Crippen molar-refractivity contribution in [2.75, 3.05) is 19.6 Å². The molecule has 6 atom stereocenters. The highest BCUT2D eigenvalue weighted by Crippen LogP contribution is 2.40. The number of ketones is 1. The summed E-state index contributed by atoms with van der Waals surface area (Å²) in [7, 11) is -5.58. The molecule has 64 heavy (non-hydrogen) atoms. The van der Waals surface area contributed by atoms with E-state index < -0.39 is 15.6 Å². The van der Waals surface area contributed by atoms with E-state index in [9.17, 15) is 26.4 Å². The Morgan fingerprint density at radius 1 is 0.594 bits per heavy atom. The molecule has 12 heteroatoms. The molecule has 3 aliphatic carbocycles. The summed E-state index contributed by atoms with van der Waals surface area (Å²) < 4.78 is 63.8. The number of halogens is 3. The predicted molar refractivity (Wildman–Crippen MR) is 253 cm³/mol. The van der Waals surface area contributed by atoms with E-state index >= 15 is 0 Å². The third-order valence-electron chi connectivity index (χ3n) is 12.7. The van der Waals surface area contributed by atoms with E-state index in [0.29, 0.717) is 42.8 Å². The molecular weight excluding hydrogens is 834 g/mol. The zero-order valence-electron chi connectivity index (χ0n) is 33.7. The molecule has 348 valence electrons. The second-order valence-electron chi connectivity index (χ2n) is 17.2. The van der Waals surface area contributed by atoms with Gasteiger partial charge < -0.3 is 4.18 Å². The van der Waals surface area contributed by atoms with Crippen molar-refractivity contribution in [2.24, 2.45) is 17.8 Å². The van der Waals surface area contributed by atoms with Crippen molar-refractivity contribution in [3.8, 4) is 0 Å². The van der Waals surface area contributed by atoms with Crippen LogP contribution in [0.5, 0.6) is 0 Å². The lowest BCUT2D eigenvalue weighted by atomic mass is 9.88. The number of hydrogen-bond acceptors (Lipinski definition) is 8. The number of carbonyl (C=O) groups is 1. The quantitative estimate of drug-likeness (QED) is 0.121. The van der Waals surface area contributed by atoms with E-state index in [-0.39, 0.29) is 53.8 Å². The van der Waals surface area contributed by atoms with Gasteiger partial charge in [-0.1, -0.05) is 133 Å². The Hall–Kier alpha value is -4.62. The molecule has 0 radical (unpaired) electrons. The largest absolute Gasteiger partial charge is 0.534 e. The van der Waals surface area contributed by atoms with Gasteiger partial charge in [0.2, 0.25) is 0 Å². The molecule has 1 aromatic heterocycles. The van der Waals surface area contributed by atoms with Crippen LogP contribution in [0.2, 0.25) is 0 Å². The smallest absolute Gasteiger partial charge is 0.381 e. The van der Waals surface area contributed by atoms with E-state index in [2.05, 4.69) is 96.7 Å². The van der Waals surface area contributed by atoms with Crippen LogP contribution >= 0.6 is 0 Å². The van der Waals surface area contributed by atoms with Gasteiger partial charge in [-0.05, 0) is 83.4 Å². The minimum atomic E-state index is -5.58. The van der Waals surface area contributed by atoms with Gasteiger partial charge in [-0.2, -0.15) is 21.6 Å². The Bertz CT molecular complexity index is 2230. The predicted octanol–water partition coefficient (Wildman–Crippen LogP) is 11.6. The van der Waals surface area contributed by atoms with Crippen molar-refractivity contribution in [3.63, 3.8) is 0 Å². The molecule has 0 spiro atoms. The fraction of sp³-hybridized carbons (Fsp3) is 0.462. The monoisotopic (exact) mass is 902 g/mol. The molecule has 0 amide bonds. The Balaban J connectivity index is 0.000000207. The van der Waals surface area contributed by atoms with Crippen LogP contribution in [0.3, 0.4) is 0 Å². The molecule has 6 unspecified atom stereocenters. The number of hydrogen-bond donors (Lipinski definition) is 0. The number of likely N-dealkylation sites (tertiary alicyclic amines) is 3. The minimum Gasteiger partial charge on any atom is -0.381 e. The zero-order valence-corrected chi connectivity index (χ0v) is 34.6. The van der Waals surface area contributed by atoms with Gasteiger partial charge in [0, 0.05) is 89.1 Å². The molecule has 4 heterocycles. The standard InChI is InChI=1S/C19H20N2.C15H16F3NO3S.C14H17NO.4CH4/c1-2-5-15(6-3-1)13-21-14-16-9-18(11-19(21)10-16)17-7-4-8-20-12-17;16-15(17,18)23(20,21)22-14-7-12-6-13(8-14)19(10-12)9-11-4-2-1-3-5-11;16-14-7-12-6-13(8-14)15(10-12)9-11-4-2-1-3-5-11;;;;/h1-9,12,16,19H,10-11,13-14H2;1-5,7,12-13H,6,8-10H2;1-5,12-13H,6-10H2;4*1H4. The zero-order chi connectivity index (χ0) is 41.7. The molecule has 1 saturated carbocycles. The lowest BCUT2D eigenvalue weighted by molar-refractivity contribution is -0.121. The third-order valence-corrected chi connectivity index (χ3v) is 13.7. The molecule has 3 saturated heterocycles. The second kappa shape index (κ2) is 23.0. The lowest BCUT2D eigenvalue weighted by Crippen LogP contribution is -2.30. The maximum atomic E-state index is 12.4. The van der Waals surface area contributed by atoms with Crippen LogP contribution in [0, 0.1) is 17.8 Å². The number of aromatic nitrogens is 1. The van der Waals surface area contributed by atoms with E-state index in [1.807, 2.05) is 48.8 Å². The topological polar surface area (TPSA) is 83.1 Å². The summed E-state index contributed by atoms with van der Waals surface area (Å²) in [5.41, 5.74) is 1.29. The van der Waals surface area contributed by atoms with Gasteiger partial charge in [-0.25, -0.2) is 0 Å². The van der Waals surface area contributed by atoms with Crippen LogP contribution in [0.4, 0.5) is 13.2 Å². The van der Waals surface area contributed by atoms with E-state index in [1.54, 1.807) is 0 Å². The summed E-state index contributed by atoms with van der Waals surface area (Å²) in [6.07, 6.45) is 14.2. The molecule has 8 nitrogen and oxygen atoms in total. The molecule has 3 aromatic carbocycles. The highest BCUT2D eigenvalue weighted by atomic mass is 32.2. The Morgan fingerprint density at radius 3 is 1.58 bits per heavy atom. The van der Waals surface area contributed by atoms with Crippen molar-refractivity contribution in [1.29, 1.82) is 0 Å². The molecular formula is C52H69F3N4O4S. The number of Topliss-reactive ketones (excluding diaryl/α,β-unsaturated/α-hetero) is 1. The van der Waals surface area contributed by atoms with E-state index in [4.69, 9.17) is 0 Å². The maximum absolute atomic E-state index is 12.4. The first-order chi connectivity index (χ1) is 28.9. The Kier molecular flexibility index (Phi) is 18.7. The summed E-state index contributed by atoms with van der Waals surface area (Å²) in [5, 5.41) is 0. The van der Waals surface area contributed by atoms with Crippen LogP contribution in [-0.2, 0) is 38.7 Å². The summed E-state index contributed by atoms with van der Waals surface area (Å²) in [6, 6.07) is 36.6. The number of benzene rings is 3. The van der Waals surface area contributed by atoms with Crippen LogP contribution in [0.1, 0.15) is 96.9 Å². The Morgan fingerprint density at radius 2 is 1.08 bits per heavy atom. The second-order valence-corrected chi connectivity index (χ2v) is 18.7. The molecule has 0 N–H and O–H groups in total. The number of pyridine rings is 1. The fourth-order valence-electron chi connectivity index (χ4n) is 10.1. The molecule has 3 aliphatic heterocycles. The summed E-state index contributed by atoms with van der Waals surface area (Å²) >= 11 is 0. The lowest BCUT2D eigenvalue weighted by Gasteiger charge is -2.25. The summed E-state index contributed by atoms with van der Waals surface area (Å²) in [5.74, 6) is 1.74. The molecule has 4 aromatic rings. The van der Waals surface area contributed by atoms with Gasteiger partial charge in [-0.3, -0.25) is 24.5 Å². The van der Waals surface area contributed by atoms with Crippen molar-refractivity contribution >= 4 is 21.5 Å². The van der Waals surface area contributed by atoms with E-state index in [0.717, 1.165) is 50.9 Å². The first kappa shape index (κ1) is 52.0. The number of fused-ring (bicyclic) bond motifs is 6. The third kappa shape index (κ3) is 13.2. The number of rotatable bonds is 9. The molecule has 10 rings (SSSR count). The Labute approximate surface area is 381 Å². The first-order valence-electron chi connectivity index (χ1n) is 21.1. The summed E-state index contributed by atoms with van der Waals surface area (Å²) in [6.45, 7) is 5.79. The molecule has 6 aliphatic rings. The average molecular weight is 903 g/mol. The minimum absolute atomic E-state index is 0. The van der Waals surface area contributed by atoms with Crippen molar-refractivity contribution in [2.45, 2.75) is 118 Å². The summed E-state index contributed by atoms with van der Waals surface area (Å²) in [4.78, 5) is 23.1. The van der Waals surface area contributed by atoms with Crippen LogP contribution < -0.4 is 0 Å². The normalized spacial score (nSPS) is 24.6. The molecule has 6 bridgehead atoms. The fourth-order valence-corrected chi connectivity index (χ4v) is 10.6. The first-order valence-corrected chi connectivity index (χ1v) is 22.5. The highest BCUT2D eigenvalue weighted by molar-refractivity contribution is 7.87. The van der Waals surface area contributed by atoms with Crippen molar-refractivity contribution < 1.29 is 30.6 Å². The van der Waals surface area contributed by atoms with Crippen molar-refractivity contribution in [3.05, 3.63) is 156 Å². The van der Waals surface area contributed by atoms with Crippen LogP contribution in [0.15, 0.2) is 133 Å². The number of nitrogens with zero attached hydrogens (tertiary/aromatic N) is 4. The van der Waals surface area contributed by atoms with Gasteiger partial charge in [0.1, 0.15) is 11.5 Å². The van der Waals surface area contributed by atoms with Crippen LogP contribution in [0.25, 0.3) is 5.57 Å². The van der Waals surface area contributed by atoms with Gasteiger partial charge in [0.25, 0.3) is 0 Å². The number of alkyl halides is 3. The number of carbonyl (C=O) groups excluding carboxylic acids is 1. The average Bonchev–Trinajstić information content (AvgIpc) is 3.80. The SMILES string of the molecule is C.C.C.C.C1=C(c2cccnc2)CC2CC1CN2Cc1ccccc1.O=C1CC2CC(C1)N(Cc1ccccc1)C2.O=S(=O)(OC1=CC2CC(C1)N(Cc1ccccc1)C2)C(F)(F)F. The van der Waals surface area contributed by atoms with Crippen molar-refractivity contribution in [1.82, 2.24) is 19.7 Å². The van der Waals surface area contributed by atoms with Gasteiger partial charge in [-0.15, -0.1) is 0 Å². The highest BCUT2D eigenvalue weighted by Gasteiger charge is 2.50. The van der Waals surface area contributed by atoms with Gasteiger partial charge in [0.15, 0.2) is 0 Å². The molecule has 4 fully saturated rings. The van der Waals surface area contributed by atoms with E-state index in [1.165, 1.54) is 47.7 Å².